The van der Waals surface area contributed by atoms with Crippen molar-refractivity contribution >= 4 is 11.6 Å². The fourth-order valence-corrected chi connectivity index (χ4v) is 0.733. The highest BCUT2D eigenvalue weighted by molar-refractivity contribution is 6.02. The van der Waals surface area contributed by atoms with Crippen molar-refractivity contribution < 1.29 is 13.6 Å². The van der Waals surface area contributed by atoms with Crippen molar-refractivity contribution in [3.8, 4) is 6.07 Å². The molecule has 0 saturated heterocycles. The van der Waals surface area contributed by atoms with Crippen molar-refractivity contribution in [2.24, 2.45) is 0 Å². The largest absolute Gasteiger partial charge is 0.326 e. The number of anilines is 1. The molecule has 66 valence electrons. The second-order valence-corrected chi connectivity index (χ2v) is 2.19. The Hall–Kier alpha value is -1.96. The SMILES string of the molecule is N#CC(=O)Nc1ccc(F)c(F)c1. The van der Waals surface area contributed by atoms with Crippen LogP contribution in [0.15, 0.2) is 18.2 Å². The van der Waals surface area contributed by atoms with Gasteiger partial charge in [0.1, 0.15) is 0 Å². The van der Waals surface area contributed by atoms with Gasteiger partial charge in [0.05, 0.1) is 0 Å². The maximum Gasteiger partial charge on any atom is 0.326 e. The van der Waals surface area contributed by atoms with Gasteiger partial charge in [-0.15, -0.1) is 0 Å². The lowest BCUT2D eigenvalue weighted by Gasteiger charge is -1.99. The number of carbonyl (C=O) groups excluding carboxylic acids is 1. The molecule has 0 heterocycles. The molecule has 0 fully saturated rings. The van der Waals surface area contributed by atoms with E-state index in [2.05, 4.69) is 5.32 Å². The molecule has 3 nitrogen and oxygen atoms in total. The molecule has 0 aliphatic rings. The van der Waals surface area contributed by atoms with Crippen LogP contribution in [-0.2, 0) is 4.79 Å². The van der Waals surface area contributed by atoms with E-state index in [-0.39, 0.29) is 5.69 Å². The van der Waals surface area contributed by atoms with Gasteiger partial charge in [0.15, 0.2) is 17.7 Å². The third-order valence-corrected chi connectivity index (χ3v) is 1.28. The Balaban J connectivity index is 2.87. The molecule has 1 N–H and O–H groups in total. The van der Waals surface area contributed by atoms with Gasteiger partial charge < -0.3 is 5.32 Å². The Morgan fingerprint density at radius 2 is 2.08 bits per heavy atom. The van der Waals surface area contributed by atoms with Crippen LogP contribution < -0.4 is 5.32 Å². The van der Waals surface area contributed by atoms with Gasteiger partial charge in [-0.3, -0.25) is 4.79 Å². The molecule has 0 spiro atoms. The van der Waals surface area contributed by atoms with Crippen molar-refractivity contribution in [2.45, 2.75) is 0 Å². The van der Waals surface area contributed by atoms with Crippen molar-refractivity contribution in [1.29, 1.82) is 5.26 Å². The minimum atomic E-state index is -1.07. The van der Waals surface area contributed by atoms with Crippen molar-refractivity contribution in [1.82, 2.24) is 0 Å². The van der Waals surface area contributed by atoms with Gasteiger partial charge in [0.2, 0.25) is 0 Å². The highest BCUT2D eigenvalue weighted by atomic mass is 19.2. The van der Waals surface area contributed by atoms with E-state index < -0.39 is 17.5 Å². The van der Waals surface area contributed by atoms with E-state index in [0.717, 1.165) is 18.2 Å². The smallest absolute Gasteiger partial charge is 0.313 e. The zero-order valence-corrected chi connectivity index (χ0v) is 6.34. The second kappa shape index (κ2) is 3.63. The molecule has 1 amide bonds. The van der Waals surface area contributed by atoms with Gasteiger partial charge in [-0.1, -0.05) is 0 Å². The number of nitriles is 1. The summed E-state index contributed by atoms with van der Waals surface area (Å²) >= 11 is 0. The Labute approximate surface area is 72.6 Å². The van der Waals surface area contributed by atoms with E-state index in [1.165, 1.54) is 6.07 Å². The zero-order chi connectivity index (χ0) is 9.84. The Bertz CT molecular complexity index is 384. The first kappa shape index (κ1) is 9.13. The van der Waals surface area contributed by atoms with Crippen LogP contribution in [0.1, 0.15) is 0 Å². The summed E-state index contributed by atoms with van der Waals surface area (Å²) in [5, 5.41) is 10.1. The fourth-order valence-electron chi connectivity index (χ4n) is 0.733. The summed E-state index contributed by atoms with van der Waals surface area (Å²) in [5.41, 5.74) is 0.0467. The molecule has 13 heavy (non-hydrogen) atoms. The standard InChI is InChI=1S/C8H4F2N2O/c9-6-2-1-5(3-7(6)10)12-8(13)4-11/h1-3H,(H,12,13). The highest BCUT2D eigenvalue weighted by Gasteiger charge is 2.04. The van der Waals surface area contributed by atoms with E-state index in [1.807, 2.05) is 0 Å². The normalized spacial score (nSPS) is 9.00. The number of hydrogen-bond donors (Lipinski definition) is 1. The summed E-state index contributed by atoms with van der Waals surface area (Å²) in [4.78, 5) is 10.5. The molecular formula is C8H4F2N2O. The van der Waals surface area contributed by atoms with Crippen LogP contribution in [0.2, 0.25) is 0 Å². The third-order valence-electron chi connectivity index (χ3n) is 1.28. The maximum absolute atomic E-state index is 12.5. The number of nitrogens with zero attached hydrogens (tertiary/aromatic N) is 1. The summed E-state index contributed by atoms with van der Waals surface area (Å²) in [6.45, 7) is 0. The van der Waals surface area contributed by atoms with Crippen LogP contribution in [0.5, 0.6) is 0 Å². The number of halogens is 2. The van der Waals surface area contributed by atoms with Crippen molar-refractivity contribution in [3.63, 3.8) is 0 Å². The lowest BCUT2D eigenvalue weighted by molar-refractivity contribution is -0.111. The first-order valence-corrected chi connectivity index (χ1v) is 3.29. The van der Waals surface area contributed by atoms with Gasteiger partial charge in [-0.25, -0.2) is 8.78 Å². The number of amides is 1. The molecule has 0 bridgehead atoms. The average Bonchev–Trinajstić information content (AvgIpc) is 2.11. The van der Waals surface area contributed by atoms with Gasteiger partial charge in [-0.2, -0.15) is 5.26 Å². The monoisotopic (exact) mass is 182 g/mol. The summed E-state index contributed by atoms with van der Waals surface area (Å²) in [5.74, 6) is -3.00. The molecule has 0 unspecified atom stereocenters. The molecule has 1 aromatic carbocycles. The van der Waals surface area contributed by atoms with E-state index in [4.69, 9.17) is 5.26 Å². The number of carbonyl (C=O) groups is 1. The average molecular weight is 182 g/mol. The van der Waals surface area contributed by atoms with Crippen LogP contribution in [-0.4, -0.2) is 5.91 Å². The molecule has 1 aromatic rings. The van der Waals surface area contributed by atoms with Crippen molar-refractivity contribution in [3.05, 3.63) is 29.8 Å². The molecule has 0 aliphatic carbocycles. The van der Waals surface area contributed by atoms with Gasteiger partial charge in [0, 0.05) is 11.8 Å². The highest BCUT2D eigenvalue weighted by Crippen LogP contribution is 2.12. The first-order valence-electron chi connectivity index (χ1n) is 3.29. The van der Waals surface area contributed by atoms with E-state index in [0.29, 0.717) is 0 Å². The van der Waals surface area contributed by atoms with Crippen LogP contribution in [0.25, 0.3) is 0 Å². The lowest BCUT2D eigenvalue weighted by Crippen LogP contribution is -2.08. The molecule has 0 aromatic heterocycles. The maximum atomic E-state index is 12.5. The Morgan fingerprint density at radius 1 is 1.38 bits per heavy atom. The topological polar surface area (TPSA) is 52.9 Å². The van der Waals surface area contributed by atoms with Crippen molar-refractivity contribution in [2.75, 3.05) is 5.32 Å². The summed E-state index contributed by atoms with van der Waals surface area (Å²) in [7, 11) is 0. The zero-order valence-electron chi connectivity index (χ0n) is 6.34. The number of hydrogen-bond acceptors (Lipinski definition) is 2. The Kier molecular flexibility index (Phi) is 2.55. The van der Waals surface area contributed by atoms with E-state index in [1.54, 1.807) is 0 Å². The number of rotatable bonds is 1. The second-order valence-electron chi connectivity index (χ2n) is 2.19. The van der Waals surface area contributed by atoms with Gasteiger partial charge >= 0.3 is 5.91 Å². The minimum absolute atomic E-state index is 0.0467. The summed E-state index contributed by atoms with van der Waals surface area (Å²) in [6, 6.07) is 4.10. The molecule has 0 saturated carbocycles. The molecule has 0 radical (unpaired) electrons. The van der Waals surface area contributed by atoms with E-state index in [9.17, 15) is 13.6 Å². The molecule has 0 atom stereocenters. The number of nitrogens with one attached hydrogen (secondary N) is 1. The molecular weight excluding hydrogens is 178 g/mol. The van der Waals surface area contributed by atoms with Gasteiger partial charge in [0.25, 0.3) is 0 Å². The van der Waals surface area contributed by atoms with Crippen LogP contribution in [0.4, 0.5) is 14.5 Å². The van der Waals surface area contributed by atoms with Crippen LogP contribution in [0.3, 0.4) is 0 Å². The fraction of sp³-hybridized carbons (Fsp3) is 0. The molecule has 5 heteroatoms. The Morgan fingerprint density at radius 3 is 2.62 bits per heavy atom. The van der Waals surface area contributed by atoms with Crippen LogP contribution in [0, 0.1) is 23.0 Å². The third kappa shape index (κ3) is 2.24. The first-order chi connectivity index (χ1) is 6.13. The number of benzene rings is 1. The van der Waals surface area contributed by atoms with Crippen LogP contribution >= 0.6 is 0 Å². The summed E-state index contributed by atoms with van der Waals surface area (Å²) in [6.07, 6.45) is 0. The molecule has 1 rings (SSSR count). The summed E-state index contributed by atoms with van der Waals surface area (Å²) < 4.78 is 24.9. The minimum Gasteiger partial charge on any atom is -0.313 e. The van der Waals surface area contributed by atoms with Gasteiger partial charge in [-0.05, 0) is 12.1 Å². The quantitative estimate of drug-likeness (QED) is 0.668. The molecule has 0 aliphatic heterocycles. The predicted octanol–water partition coefficient (Wildman–Crippen LogP) is 1.43. The van der Waals surface area contributed by atoms with E-state index >= 15 is 0 Å². The predicted molar refractivity (Wildman–Crippen MR) is 40.6 cm³/mol. The lowest BCUT2D eigenvalue weighted by atomic mass is 10.3.